The Kier molecular flexibility index (Phi) is 4.39. The number of aliphatic carboxylic acids is 1. The van der Waals surface area contributed by atoms with Gasteiger partial charge in [0.2, 0.25) is 6.10 Å². The molecular formula is C13H20N2O4. The van der Waals surface area contributed by atoms with Crippen molar-refractivity contribution in [3.8, 4) is 0 Å². The Labute approximate surface area is 112 Å². The van der Waals surface area contributed by atoms with E-state index in [0.29, 0.717) is 5.92 Å². The average Bonchev–Trinajstić information content (AvgIpc) is 2.89. The van der Waals surface area contributed by atoms with Crippen LogP contribution in [0.25, 0.3) is 0 Å². The van der Waals surface area contributed by atoms with E-state index in [2.05, 4.69) is 12.1 Å². The number of oxime groups is 1. The van der Waals surface area contributed by atoms with Gasteiger partial charge in [-0.05, 0) is 18.8 Å². The third-order valence-electron chi connectivity index (χ3n) is 3.81. The Balaban J connectivity index is 1.81. The van der Waals surface area contributed by atoms with E-state index in [-0.39, 0.29) is 18.0 Å². The van der Waals surface area contributed by atoms with Crippen LogP contribution in [0, 0.1) is 5.92 Å². The Morgan fingerprint density at radius 1 is 1.42 bits per heavy atom. The van der Waals surface area contributed by atoms with Crippen LogP contribution >= 0.6 is 0 Å². The van der Waals surface area contributed by atoms with E-state index < -0.39 is 12.1 Å². The number of rotatable bonds is 4. The van der Waals surface area contributed by atoms with Crippen molar-refractivity contribution in [1.82, 2.24) is 4.90 Å². The van der Waals surface area contributed by atoms with E-state index in [9.17, 15) is 9.59 Å². The SMILES string of the molecule is CCCC1CCN(C(=O)C2CC(C(=O)O)=NO2)CC1. The number of amides is 1. The Hall–Kier alpha value is -1.59. The van der Waals surface area contributed by atoms with E-state index in [0.717, 1.165) is 25.9 Å². The van der Waals surface area contributed by atoms with Crippen LogP contribution in [0.1, 0.15) is 39.0 Å². The Bertz CT molecular complexity index is 386. The summed E-state index contributed by atoms with van der Waals surface area (Å²) in [6, 6.07) is 0. The van der Waals surface area contributed by atoms with Crippen LogP contribution in [-0.4, -0.2) is 46.8 Å². The summed E-state index contributed by atoms with van der Waals surface area (Å²) in [5.74, 6) is -0.531. The summed E-state index contributed by atoms with van der Waals surface area (Å²) in [6.45, 7) is 3.66. The molecule has 1 fully saturated rings. The van der Waals surface area contributed by atoms with Gasteiger partial charge in [-0.1, -0.05) is 24.9 Å². The summed E-state index contributed by atoms with van der Waals surface area (Å²) in [7, 11) is 0. The fourth-order valence-corrected chi connectivity index (χ4v) is 2.69. The zero-order valence-corrected chi connectivity index (χ0v) is 11.2. The summed E-state index contributed by atoms with van der Waals surface area (Å²) in [4.78, 5) is 29.6. The molecule has 6 heteroatoms. The molecule has 6 nitrogen and oxygen atoms in total. The molecule has 0 aromatic carbocycles. The quantitative estimate of drug-likeness (QED) is 0.832. The molecule has 0 saturated carbocycles. The first-order chi connectivity index (χ1) is 9.11. The molecule has 2 aliphatic heterocycles. The van der Waals surface area contributed by atoms with Gasteiger partial charge in [0.1, 0.15) is 0 Å². The number of carboxylic acid groups (broad SMARTS) is 1. The highest BCUT2D eigenvalue weighted by Gasteiger charge is 2.35. The highest BCUT2D eigenvalue weighted by atomic mass is 16.6. The number of carbonyl (C=O) groups is 2. The van der Waals surface area contributed by atoms with Crippen LogP contribution in [-0.2, 0) is 14.4 Å². The second-order valence-corrected chi connectivity index (χ2v) is 5.20. The lowest BCUT2D eigenvalue weighted by Crippen LogP contribution is -2.44. The minimum absolute atomic E-state index is 0.0702. The van der Waals surface area contributed by atoms with Crippen LogP contribution in [0.15, 0.2) is 5.16 Å². The smallest absolute Gasteiger partial charge is 0.353 e. The summed E-state index contributed by atoms with van der Waals surface area (Å²) in [6.07, 6.45) is 3.78. The minimum atomic E-state index is -1.11. The van der Waals surface area contributed by atoms with Crippen molar-refractivity contribution in [3.05, 3.63) is 0 Å². The van der Waals surface area contributed by atoms with Crippen molar-refractivity contribution in [2.75, 3.05) is 13.1 Å². The van der Waals surface area contributed by atoms with Crippen molar-refractivity contribution in [2.24, 2.45) is 11.1 Å². The van der Waals surface area contributed by atoms with Gasteiger partial charge in [-0.15, -0.1) is 0 Å². The predicted molar refractivity (Wildman–Crippen MR) is 68.8 cm³/mol. The first-order valence-electron chi connectivity index (χ1n) is 6.86. The molecule has 0 radical (unpaired) electrons. The molecular weight excluding hydrogens is 248 g/mol. The molecule has 19 heavy (non-hydrogen) atoms. The van der Waals surface area contributed by atoms with E-state index in [1.54, 1.807) is 4.90 Å². The van der Waals surface area contributed by atoms with Crippen molar-refractivity contribution in [2.45, 2.75) is 45.1 Å². The van der Waals surface area contributed by atoms with Crippen molar-refractivity contribution >= 4 is 17.6 Å². The highest BCUT2D eigenvalue weighted by molar-refractivity contribution is 6.36. The van der Waals surface area contributed by atoms with Crippen LogP contribution in [0.3, 0.4) is 0 Å². The predicted octanol–water partition coefficient (Wildman–Crippen LogP) is 1.25. The van der Waals surface area contributed by atoms with Gasteiger partial charge in [0.25, 0.3) is 5.91 Å². The number of hydrogen-bond acceptors (Lipinski definition) is 4. The summed E-state index contributed by atoms with van der Waals surface area (Å²) >= 11 is 0. The van der Waals surface area contributed by atoms with Crippen molar-refractivity contribution < 1.29 is 19.5 Å². The van der Waals surface area contributed by atoms with Gasteiger partial charge in [-0.2, -0.15) is 0 Å². The highest BCUT2D eigenvalue weighted by Crippen LogP contribution is 2.23. The van der Waals surface area contributed by atoms with Crippen LogP contribution in [0.5, 0.6) is 0 Å². The fourth-order valence-electron chi connectivity index (χ4n) is 2.69. The number of carbonyl (C=O) groups excluding carboxylic acids is 1. The summed E-state index contributed by atoms with van der Waals surface area (Å²) < 4.78 is 0. The lowest BCUT2D eigenvalue weighted by molar-refractivity contribution is -0.143. The third kappa shape index (κ3) is 3.24. The normalized spacial score (nSPS) is 23.9. The number of likely N-dealkylation sites (tertiary alicyclic amines) is 1. The first kappa shape index (κ1) is 13.8. The lowest BCUT2D eigenvalue weighted by Gasteiger charge is -2.32. The molecule has 2 rings (SSSR count). The molecule has 2 aliphatic rings. The van der Waals surface area contributed by atoms with Crippen LogP contribution in [0.4, 0.5) is 0 Å². The molecule has 0 spiro atoms. The molecule has 2 heterocycles. The van der Waals surface area contributed by atoms with Gasteiger partial charge in [0.15, 0.2) is 5.71 Å². The van der Waals surface area contributed by atoms with Gasteiger partial charge >= 0.3 is 5.97 Å². The first-order valence-corrected chi connectivity index (χ1v) is 6.86. The lowest BCUT2D eigenvalue weighted by atomic mass is 9.92. The fraction of sp³-hybridized carbons (Fsp3) is 0.769. The molecule has 1 saturated heterocycles. The third-order valence-corrected chi connectivity index (χ3v) is 3.81. The van der Waals surface area contributed by atoms with Gasteiger partial charge in [0.05, 0.1) is 0 Å². The topological polar surface area (TPSA) is 79.2 Å². The molecule has 1 amide bonds. The number of hydrogen-bond donors (Lipinski definition) is 1. The maximum atomic E-state index is 12.2. The van der Waals surface area contributed by atoms with Crippen molar-refractivity contribution in [3.63, 3.8) is 0 Å². The average molecular weight is 268 g/mol. The van der Waals surface area contributed by atoms with Gasteiger partial charge < -0.3 is 14.8 Å². The number of piperidine rings is 1. The minimum Gasteiger partial charge on any atom is -0.477 e. The second-order valence-electron chi connectivity index (χ2n) is 5.20. The molecule has 0 aromatic heterocycles. The van der Waals surface area contributed by atoms with Gasteiger partial charge in [-0.3, -0.25) is 4.79 Å². The zero-order valence-electron chi connectivity index (χ0n) is 11.2. The van der Waals surface area contributed by atoms with Gasteiger partial charge in [-0.25, -0.2) is 4.79 Å². The zero-order chi connectivity index (χ0) is 13.8. The Morgan fingerprint density at radius 2 is 2.11 bits per heavy atom. The largest absolute Gasteiger partial charge is 0.477 e. The standard InChI is InChI=1S/C13H20N2O4/c1-2-3-9-4-6-15(7-5-9)12(16)11-8-10(13(17)18)14-19-11/h9,11H,2-8H2,1H3,(H,17,18). The van der Waals surface area contributed by atoms with Crippen molar-refractivity contribution in [1.29, 1.82) is 0 Å². The summed E-state index contributed by atoms with van der Waals surface area (Å²) in [5.41, 5.74) is -0.0702. The van der Waals surface area contributed by atoms with E-state index in [1.165, 1.54) is 12.8 Å². The second kappa shape index (κ2) is 6.04. The Morgan fingerprint density at radius 3 is 2.63 bits per heavy atom. The monoisotopic (exact) mass is 268 g/mol. The van der Waals surface area contributed by atoms with Crippen LogP contribution < -0.4 is 0 Å². The molecule has 1 N–H and O–H groups in total. The molecule has 0 aromatic rings. The maximum Gasteiger partial charge on any atom is 0.353 e. The molecule has 0 bridgehead atoms. The van der Waals surface area contributed by atoms with Crippen LogP contribution in [0.2, 0.25) is 0 Å². The summed E-state index contributed by atoms with van der Waals surface area (Å²) in [5, 5.41) is 12.2. The number of nitrogens with zero attached hydrogens (tertiary/aromatic N) is 2. The number of carboxylic acids is 1. The van der Waals surface area contributed by atoms with Gasteiger partial charge in [0, 0.05) is 19.5 Å². The molecule has 0 aliphatic carbocycles. The maximum absolute atomic E-state index is 12.2. The van der Waals surface area contributed by atoms with E-state index in [4.69, 9.17) is 9.94 Å². The molecule has 1 atom stereocenters. The van der Waals surface area contributed by atoms with E-state index in [1.807, 2.05) is 0 Å². The molecule has 106 valence electrons. The molecule has 1 unspecified atom stereocenters. The van der Waals surface area contributed by atoms with E-state index >= 15 is 0 Å².